The Kier molecular flexibility index (Phi) is 5.19. The number of benzene rings is 1. The van der Waals surface area contributed by atoms with Crippen molar-refractivity contribution in [2.75, 3.05) is 6.61 Å². The molecule has 0 fully saturated rings. The van der Waals surface area contributed by atoms with E-state index in [0.29, 0.717) is 17.5 Å². The number of ether oxygens (including phenoxy) is 1. The summed E-state index contributed by atoms with van der Waals surface area (Å²) in [4.78, 5) is 11.1. The normalized spacial score (nSPS) is 10.7. The van der Waals surface area contributed by atoms with Gasteiger partial charge in [-0.25, -0.2) is 9.18 Å². The van der Waals surface area contributed by atoms with Crippen LogP contribution < -0.4 is 0 Å². The zero-order valence-corrected chi connectivity index (χ0v) is 10.5. The maximum Gasteiger partial charge on any atom is 0.330 e. The second kappa shape index (κ2) is 6.43. The van der Waals surface area contributed by atoms with E-state index >= 15 is 0 Å². The van der Waals surface area contributed by atoms with E-state index in [1.807, 2.05) is 0 Å². The van der Waals surface area contributed by atoms with Crippen molar-refractivity contribution in [3.8, 4) is 0 Å². The van der Waals surface area contributed by atoms with E-state index < -0.39 is 5.97 Å². The lowest BCUT2D eigenvalue weighted by Crippen LogP contribution is -1.99. The van der Waals surface area contributed by atoms with Crippen LogP contribution in [0.2, 0.25) is 0 Å². The van der Waals surface area contributed by atoms with Gasteiger partial charge in [-0.3, -0.25) is 0 Å². The van der Waals surface area contributed by atoms with Gasteiger partial charge in [0, 0.05) is 11.4 Å². The summed E-state index contributed by atoms with van der Waals surface area (Å²) < 4.78 is 17.7. The van der Waals surface area contributed by atoms with Crippen molar-refractivity contribution >= 4 is 28.0 Å². The van der Waals surface area contributed by atoms with Crippen LogP contribution in [0.25, 0.3) is 6.08 Å². The van der Waals surface area contributed by atoms with E-state index in [4.69, 9.17) is 4.74 Å². The van der Waals surface area contributed by atoms with Crippen molar-refractivity contribution in [3.63, 3.8) is 0 Å². The molecule has 0 aliphatic rings. The quantitative estimate of drug-likeness (QED) is 0.482. The monoisotopic (exact) mass is 286 g/mol. The van der Waals surface area contributed by atoms with Gasteiger partial charge in [-0.1, -0.05) is 22.0 Å². The molecule has 0 radical (unpaired) electrons. The fourth-order valence-electron chi connectivity index (χ4n) is 1.19. The summed E-state index contributed by atoms with van der Waals surface area (Å²) in [5.41, 5.74) is 1.59. The van der Waals surface area contributed by atoms with Gasteiger partial charge in [0.1, 0.15) is 5.82 Å². The Morgan fingerprint density at radius 1 is 1.56 bits per heavy atom. The van der Waals surface area contributed by atoms with Gasteiger partial charge < -0.3 is 4.74 Å². The minimum atomic E-state index is -0.424. The molecule has 0 aliphatic carbocycles. The third kappa shape index (κ3) is 3.77. The average Bonchev–Trinajstić information content (AvgIpc) is 2.27. The predicted molar refractivity (Wildman–Crippen MR) is 64.7 cm³/mol. The summed E-state index contributed by atoms with van der Waals surface area (Å²) >= 11 is 3.30. The summed E-state index contributed by atoms with van der Waals surface area (Å²) in [6, 6.07) is 4.44. The standard InChI is InChI=1S/C12H12BrFO2/c1-2-16-12(15)6-4-9-7-11(14)5-3-10(9)8-13/h3-7H,2,8H2,1H3/b6-4+. The summed E-state index contributed by atoms with van der Waals surface area (Å²) in [6.45, 7) is 2.06. The minimum absolute atomic E-state index is 0.326. The van der Waals surface area contributed by atoms with Crippen molar-refractivity contribution in [1.29, 1.82) is 0 Å². The molecule has 16 heavy (non-hydrogen) atoms. The molecule has 0 saturated heterocycles. The zero-order chi connectivity index (χ0) is 12.0. The Morgan fingerprint density at radius 3 is 2.94 bits per heavy atom. The largest absolute Gasteiger partial charge is 0.463 e. The molecule has 1 rings (SSSR count). The first-order valence-corrected chi connectivity index (χ1v) is 5.98. The molecule has 0 unspecified atom stereocenters. The van der Waals surface area contributed by atoms with Crippen LogP contribution in [0.5, 0.6) is 0 Å². The van der Waals surface area contributed by atoms with Crippen LogP contribution >= 0.6 is 15.9 Å². The fraction of sp³-hybridized carbons (Fsp3) is 0.250. The second-order valence-electron chi connectivity index (χ2n) is 3.06. The van der Waals surface area contributed by atoms with Crippen molar-refractivity contribution in [1.82, 2.24) is 0 Å². The van der Waals surface area contributed by atoms with Gasteiger partial charge in [-0.15, -0.1) is 0 Å². The molecule has 0 spiro atoms. The van der Waals surface area contributed by atoms with E-state index in [1.54, 1.807) is 19.1 Å². The molecule has 2 nitrogen and oxygen atoms in total. The Bertz CT molecular complexity index is 402. The Labute approximate surface area is 102 Å². The van der Waals surface area contributed by atoms with Gasteiger partial charge in [0.25, 0.3) is 0 Å². The van der Waals surface area contributed by atoms with Crippen LogP contribution in [-0.2, 0) is 14.9 Å². The van der Waals surface area contributed by atoms with Crippen LogP contribution in [0.4, 0.5) is 4.39 Å². The lowest BCUT2D eigenvalue weighted by atomic mass is 10.1. The number of rotatable bonds is 4. The molecule has 0 heterocycles. The fourth-order valence-corrected chi connectivity index (χ4v) is 1.70. The van der Waals surface area contributed by atoms with E-state index in [-0.39, 0.29) is 5.82 Å². The number of hydrogen-bond donors (Lipinski definition) is 0. The van der Waals surface area contributed by atoms with E-state index in [0.717, 1.165) is 5.56 Å². The molecule has 0 bridgehead atoms. The summed E-state index contributed by atoms with van der Waals surface area (Å²) in [5, 5.41) is 0.607. The lowest BCUT2D eigenvalue weighted by molar-refractivity contribution is -0.137. The Balaban J connectivity index is 2.86. The molecule has 0 aliphatic heterocycles. The number of carbonyl (C=O) groups is 1. The molecule has 0 N–H and O–H groups in total. The average molecular weight is 287 g/mol. The first-order chi connectivity index (χ1) is 7.67. The van der Waals surface area contributed by atoms with Gasteiger partial charge in [0.15, 0.2) is 0 Å². The van der Waals surface area contributed by atoms with Crippen molar-refractivity contribution in [2.45, 2.75) is 12.3 Å². The van der Waals surface area contributed by atoms with Gasteiger partial charge in [0.2, 0.25) is 0 Å². The Morgan fingerprint density at radius 2 is 2.31 bits per heavy atom. The van der Waals surface area contributed by atoms with Gasteiger partial charge in [0.05, 0.1) is 6.61 Å². The highest BCUT2D eigenvalue weighted by atomic mass is 79.9. The number of alkyl halides is 1. The van der Waals surface area contributed by atoms with E-state index in [2.05, 4.69) is 15.9 Å². The molecule has 0 saturated carbocycles. The molecule has 4 heteroatoms. The second-order valence-corrected chi connectivity index (χ2v) is 3.62. The number of carbonyl (C=O) groups excluding carboxylic acids is 1. The van der Waals surface area contributed by atoms with Crippen molar-refractivity contribution in [3.05, 3.63) is 41.2 Å². The first-order valence-electron chi connectivity index (χ1n) is 4.86. The number of halogens is 2. The van der Waals surface area contributed by atoms with Crippen LogP contribution in [0.3, 0.4) is 0 Å². The SMILES string of the molecule is CCOC(=O)/C=C/c1cc(F)ccc1CBr. The van der Waals surface area contributed by atoms with Crippen LogP contribution in [0.1, 0.15) is 18.1 Å². The van der Waals surface area contributed by atoms with Gasteiger partial charge >= 0.3 is 5.97 Å². The molecule has 0 aromatic heterocycles. The highest BCUT2D eigenvalue weighted by Crippen LogP contribution is 2.16. The molecule has 86 valence electrons. The molecule has 1 aromatic carbocycles. The van der Waals surface area contributed by atoms with Crippen LogP contribution in [0.15, 0.2) is 24.3 Å². The molecular weight excluding hydrogens is 275 g/mol. The first kappa shape index (κ1) is 12.9. The summed E-state index contributed by atoms with van der Waals surface area (Å²) in [7, 11) is 0. The maximum atomic E-state index is 13.0. The highest BCUT2D eigenvalue weighted by molar-refractivity contribution is 9.08. The zero-order valence-electron chi connectivity index (χ0n) is 8.87. The number of hydrogen-bond acceptors (Lipinski definition) is 2. The van der Waals surface area contributed by atoms with Gasteiger partial charge in [-0.2, -0.15) is 0 Å². The molecule has 0 amide bonds. The third-order valence-corrected chi connectivity index (χ3v) is 2.54. The summed E-state index contributed by atoms with van der Waals surface area (Å²) in [5.74, 6) is -0.750. The molecular formula is C12H12BrFO2. The maximum absolute atomic E-state index is 13.0. The molecule has 0 atom stereocenters. The van der Waals surface area contributed by atoms with Crippen molar-refractivity contribution < 1.29 is 13.9 Å². The topological polar surface area (TPSA) is 26.3 Å². The smallest absolute Gasteiger partial charge is 0.330 e. The van der Waals surface area contributed by atoms with Gasteiger partial charge in [-0.05, 0) is 36.3 Å². The van der Waals surface area contributed by atoms with E-state index in [9.17, 15) is 9.18 Å². The summed E-state index contributed by atoms with van der Waals surface area (Å²) in [6.07, 6.45) is 2.85. The van der Waals surface area contributed by atoms with Crippen LogP contribution in [0, 0.1) is 5.82 Å². The van der Waals surface area contributed by atoms with Crippen molar-refractivity contribution in [2.24, 2.45) is 0 Å². The predicted octanol–water partition coefficient (Wildman–Crippen LogP) is 3.30. The van der Waals surface area contributed by atoms with Crippen LogP contribution in [-0.4, -0.2) is 12.6 Å². The molecule has 1 aromatic rings. The third-order valence-electron chi connectivity index (χ3n) is 1.94. The highest BCUT2D eigenvalue weighted by Gasteiger charge is 2.01. The minimum Gasteiger partial charge on any atom is -0.463 e. The van der Waals surface area contributed by atoms with E-state index in [1.165, 1.54) is 18.2 Å². The lowest BCUT2D eigenvalue weighted by Gasteiger charge is -2.02. The Hall–Kier alpha value is -1.16. The number of esters is 1.